The smallest absolute Gasteiger partial charge is 0.206 e. The predicted octanol–water partition coefficient (Wildman–Crippen LogP) is 0.746. The number of aliphatic imine (C=N–C) groups is 1. The van der Waals surface area contributed by atoms with E-state index in [0.29, 0.717) is 12.1 Å². The van der Waals surface area contributed by atoms with Crippen LogP contribution in [-0.2, 0) is 0 Å². The molecule has 4 nitrogen and oxygen atoms in total. The molecule has 0 aromatic heterocycles. The van der Waals surface area contributed by atoms with Gasteiger partial charge in [-0.3, -0.25) is 5.43 Å². The Kier molecular flexibility index (Phi) is 4.02. The lowest BCUT2D eigenvalue weighted by Crippen LogP contribution is -2.45. The van der Waals surface area contributed by atoms with E-state index >= 15 is 0 Å². The van der Waals surface area contributed by atoms with Crippen LogP contribution in [0.5, 0.6) is 0 Å². The van der Waals surface area contributed by atoms with Gasteiger partial charge in [-0.2, -0.15) is 0 Å². The van der Waals surface area contributed by atoms with Gasteiger partial charge in [0.2, 0.25) is 5.96 Å². The zero-order valence-corrected chi connectivity index (χ0v) is 8.51. The molecule has 4 heteroatoms. The molecule has 0 spiro atoms. The minimum Gasteiger partial charge on any atom is -0.353 e. The average molecular weight is 184 g/mol. The van der Waals surface area contributed by atoms with Crippen molar-refractivity contribution in [2.45, 2.75) is 51.6 Å². The van der Waals surface area contributed by atoms with E-state index in [0.717, 1.165) is 5.96 Å². The van der Waals surface area contributed by atoms with Crippen molar-refractivity contribution < 1.29 is 0 Å². The van der Waals surface area contributed by atoms with Crippen LogP contribution >= 0.6 is 0 Å². The van der Waals surface area contributed by atoms with Gasteiger partial charge in [0, 0.05) is 6.04 Å². The number of rotatable bonds is 2. The van der Waals surface area contributed by atoms with Gasteiger partial charge in [-0.15, -0.1) is 0 Å². The summed E-state index contributed by atoms with van der Waals surface area (Å²) in [5, 5.41) is 3.17. The van der Waals surface area contributed by atoms with Crippen molar-refractivity contribution in [2.24, 2.45) is 10.8 Å². The van der Waals surface area contributed by atoms with E-state index in [1.807, 2.05) is 0 Å². The molecule has 0 saturated heterocycles. The highest BCUT2D eigenvalue weighted by atomic mass is 15.3. The second kappa shape index (κ2) is 5.07. The van der Waals surface area contributed by atoms with Crippen LogP contribution in [0.4, 0.5) is 0 Å². The van der Waals surface area contributed by atoms with E-state index in [1.54, 1.807) is 0 Å². The Balaban J connectivity index is 2.43. The Morgan fingerprint density at radius 3 is 2.46 bits per heavy atom. The summed E-state index contributed by atoms with van der Waals surface area (Å²) in [6.45, 7) is 4.14. The van der Waals surface area contributed by atoms with Crippen LogP contribution in [-0.4, -0.2) is 18.0 Å². The molecular formula is C9H20N4. The molecule has 1 rings (SSSR count). The van der Waals surface area contributed by atoms with Gasteiger partial charge in [-0.05, 0) is 26.7 Å². The number of hydrogen-bond donors (Lipinski definition) is 3. The summed E-state index contributed by atoms with van der Waals surface area (Å²) < 4.78 is 0. The van der Waals surface area contributed by atoms with Crippen molar-refractivity contribution in [3.8, 4) is 0 Å². The molecule has 76 valence electrons. The van der Waals surface area contributed by atoms with E-state index in [4.69, 9.17) is 5.84 Å². The third kappa shape index (κ3) is 3.63. The quantitative estimate of drug-likeness (QED) is 0.257. The van der Waals surface area contributed by atoms with Gasteiger partial charge in [0.1, 0.15) is 0 Å². The van der Waals surface area contributed by atoms with Gasteiger partial charge in [0.05, 0.1) is 6.04 Å². The zero-order chi connectivity index (χ0) is 9.68. The Hall–Kier alpha value is -0.770. The van der Waals surface area contributed by atoms with E-state index in [9.17, 15) is 0 Å². The highest BCUT2D eigenvalue weighted by Gasteiger charge is 2.14. The molecule has 0 aromatic carbocycles. The van der Waals surface area contributed by atoms with Crippen molar-refractivity contribution in [2.75, 3.05) is 0 Å². The standard InChI is InChI=1S/C9H20N4/c1-7(2)11-9(13-10)12-8-5-3-4-6-8/h7-8H,3-6,10H2,1-2H3,(H2,11,12,13). The Morgan fingerprint density at radius 2 is 2.00 bits per heavy atom. The van der Waals surface area contributed by atoms with E-state index in [1.165, 1.54) is 25.7 Å². The first-order valence-corrected chi connectivity index (χ1v) is 5.03. The molecule has 0 aromatic rings. The summed E-state index contributed by atoms with van der Waals surface area (Å²) in [6.07, 6.45) is 5.00. The monoisotopic (exact) mass is 184 g/mol. The second-order valence-corrected chi connectivity index (χ2v) is 3.86. The maximum absolute atomic E-state index is 5.36. The summed E-state index contributed by atoms with van der Waals surface area (Å²) in [5.74, 6) is 6.08. The fourth-order valence-corrected chi connectivity index (χ4v) is 1.61. The van der Waals surface area contributed by atoms with Gasteiger partial charge in [-0.25, -0.2) is 10.8 Å². The molecule has 0 heterocycles. The van der Waals surface area contributed by atoms with Gasteiger partial charge in [-0.1, -0.05) is 12.8 Å². The van der Waals surface area contributed by atoms with Crippen LogP contribution in [0.1, 0.15) is 39.5 Å². The number of hydrogen-bond acceptors (Lipinski definition) is 2. The molecule has 0 radical (unpaired) electrons. The lowest BCUT2D eigenvalue weighted by atomic mass is 10.3. The van der Waals surface area contributed by atoms with Crippen molar-refractivity contribution >= 4 is 5.96 Å². The summed E-state index contributed by atoms with van der Waals surface area (Å²) in [5.41, 5.74) is 2.60. The minimum absolute atomic E-state index is 0.371. The molecule has 0 bridgehead atoms. The fraction of sp³-hybridized carbons (Fsp3) is 0.889. The molecule has 4 N–H and O–H groups in total. The molecule has 13 heavy (non-hydrogen) atoms. The molecular weight excluding hydrogens is 164 g/mol. The fourth-order valence-electron chi connectivity index (χ4n) is 1.61. The number of guanidine groups is 1. The summed E-state index contributed by atoms with van der Waals surface area (Å²) in [4.78, 5) is 4.50. The zero-order valence-electron chi connectivity index (χ0n) is 8.51. The SMILES string of the molecule is CC(C)NC(=NC1CCCC1)NN. The van der Waals surface area contributed by atoms with Gasteiger partial charge in [0.15, 0.2) is 0 Å². The van der Waals surface area contributed by atoms with Crippen molar-refractivity contribution in [1.82, 2.24) is 10.7 Å². The highest BCUT2D eigenvalue weighted by molar-refractivity contribution is 5.79. The summed E-state index contributed by atoms with van der Waals surface area (Å²) in [6, 6.07) is 0.841. The topological polar surface area (TPSA) is 62.4 Å². The van der Waals surface area contributed by atoms with Crippen LogP contribution in [0.15, 0.2) is 4.99 Å². The van der Waals surface area contributed by atoms with E-state index in [-0.39, 0.29) is 0 Å². The highest BCUT2D eigenvalue weighted by Crippen LogP contribution is 2.20. The average Bonchev–Trinajstić information content (AvgIpc) is 2.55. The van der Waals surface area contributed by atoms with E-state index < -0.39 is 0 Å². The Bertz CT molecular complexity index is 170. The summed E-state index contributed by atoms with van der Waals surface area (Å²) >= 11 is 0. The number of nitrogens with zero attached hydrogens (tertiary/aromatic N) is 1. The van der Waals surface area contributed by atoms with Crippen LogP contribution in [0.25, 0.3) is 0 Å². The van der Waals surface area contributed by atoms with Gasteiger partial charge >= 0.3 is 0 Å². The molecule has 1 aliphatic carbocycles. The normalized spacial score (nSPS) is 19.5. The van der Waals surface area contributed by atoms with Crippen LogP contribution < -0.4 is 16.6 Å². The second-order valence-electron chi connectivity index (χ2n) is 3.86. The van der Waals surface area contributed by atoms with Crippen LogP contribution in [0.3, 0.4) is 0 Å². The molecule has 0 atom stereocenters. The third-order valence-corrected chi connectivity index (χ3v) is 2.20. The van der Waals surface area contributed by atoms with E-state index in [2.05, 4.69) is 29.6 Å². The van der Waals surface area contributed by atoms with Gasteiger partial charge in [0.25, 0.3) is 0 Å². The van der Waals surface area contributed by atoms with Crippen molar-refractivity contribution in [3.05, 3.63) is 0 Å². The number of nitrogens with two attached hydrogens (primary N) is 1. The Labute approximate surface area is 80.0 Å². The Morgan fingerprint density at radius 1 is 1.38 bits per heavy atom. The summed E-state index contributed by atoms with van der Waals surface area (Å²) in [7, 11) is 0. The third-order valence-electron chi connectivity index (χ3n) is 2.20. The largest absolute Gasteiger partial charge is 0.353 e. The molecule has 0 amide bonds. The van der Waals surface area contributed by atoms with Crippen molar-refractivity contribution in [1.29, 1.82) is 0 Å². The maximum Gasteiger partial charge on any atom is 0.206 e. The first-order valence-electron chi connectivity index (χ1n) is 5.03. The lowest BCUT2D eigenvalue weighted by molar-refractivity contribution is 0.660. The first kappa shape index (κ1) is 10.3. The molecule has 1 aliphatic rings. The number of nitrogens with one attached hydrogen (secondary N) is 2. The molecule has 0 aliphatic heterocycles. The van der Waals surface area contributed by atoms with Crippen LogP contribution in [0.2, 0.25) is 0 Å². The first-order chi connectivity index (χ1) is 6.22. The lowest BCUT2D eigenvalue weighted by Gasteiger charge is -2.13. The van der Waals surface area contributed by atoms with Crippen molar-refractivity contribution in [3.63, 3.8) is 0 Å². The molecule has 1 saturated carbocycles. The predicted molar refractivity (Wildman–Crippen MR) is 55.3 cm³/mol. The minimum atomic E-state index is 0.371. The number of hydrazine groups is 1. The molecule has 0 unspecified atom stereocenters. The van der Waals surface area contributed by atoms with Gasteiger partial charge < -0.3 is 5.32 Å². The maximum atomic E-state index is 5.36. The van der Waals surface area contributed by atoms with Crippen LogP contribution in [0, 0.1) is 0 Å². The molecule has 1 fully saturated rings.